The van der Waals surface area contributed by atoms with Crippen LogP contribution in [-0.4, -0.2) is 17.3 Å². The Bertz CT molecular complexity index is 589. The molecule has 1 aromatic carbocycles. The lowest BCUT2D eigenvalue weighted by Gasteiger charge is -2.08. The maximum atomic E-state index is 13.6. The summed E-state index contributed by atoms with van der Waals surface area (Å²) in [7, 11) is 1.19. The first kappa shape index (κ1) is 12.7. The first-order chi connectivity index (χ1) is 8.58. The maximum Gasteiger partial charge on any atom is 0.240 e. The lowest BCUT2D eigenvalue weighted by Crippen LogP contribution is -1.98. The van der Waals surface area contributed by atoms with Crippen LogP contribution in [0.3, 0.4) is 0 Å². The molecule has 1 heterocycles. The molecule has 1 aromatic heterocycles. The number of halogens is 3. The Hall–Kier alpha value is -1.73. The van der Waals surface area contributed by atoms with E-state index in [4.69, 9.17) is 26.6 Å². The van der Waals surface area contributed by atoms with Crippen LogP contribution < -0.4 is 10.5 Å². The molecule has 18 heavy (non-hydrogen) atoms. The van der Waals surface area contributed by atoms with Crippen LogP contribution in [-0.2, 0) is 6.54 Å². The first-order valence-corrected chi connectivity index (χ1v) is 5.20. The van der Waals surface area contributed by atoms with E-state index in [1.54, 1.807) is 0 Å². The van der Waals surface area contributed by atoms with E-state index in [9.17, 15) is 8.78 Å². The van der Waals surface area contributed by atoms with E-state index in [2.05, 4.69) is 10.1 Å². The van der Waals surface area contributed by atoms with E-state index in [0.717, 1.165) is 6.07 Å². The Morgan fingerprint density at radius 1 is 1.44 bits per heavy atom. The van der Waals surface area contributed by atoms with Crippen molar-refractivity contribution in [3.63, 3.8) is 0 Å². The Labute approximate surface area is 105 Å². The van der Waals surface area contributed by atoms with Crippen molar-refractivity contribution in [1.82, 2.24) is 10.1 Å². The standard InChI is InChI=1S/C10H8ClF2N3O2/c1-17-9-4(2-5(11)7(12)8(9)13)10-15-6(3-14)18-16-10/h2H,3,14H2,1H3. The molecule has 0 radical (unpaired) electrons. The normalized spacial score (nSPS) is 10.7. The largest absolute Gasteiger partial charge is 0.493 e. The minimum atomic E-state index is -1.21. The molecule has 0 amide bonds. The summed E-state index contributed by atoms with van der Waals surface area (Å²) in [4.78, 5) is 3.89. The van der Waals surface area contributed by atoms with Gasteiger partial charge in [-0.05, 0) is 6.07 Å². The highest BCUT2D eigenvalue weighted by atomic mass is 35.5. The summed E-state index contributed by atoms with van der Waals surface area (Å²) >= 11 is 5.56. The minimum absolute atomic E-state index is 0.0214. The van der Waals surface area contributed by atoms with Crippen LogP contribution in [0.2, 0.25) is 5.02 Å². The third-order valence-corrected chi connectivity index (χ3v) is 2.48. The van der Waals surface area contributed by atoms with Gasteiger partial charge in [0, 0.05) is 0 Å². The van der Waals surface area contributed by atoms with Crippen molar-refractivity contribution in [2.75, 3.05) is 7.11 Å². The summed E-state index contributed by atoms with van der Waals surface area (Å²) in [6.45, 7) is 0.0344. The average Bonchev–Trinajstić information content (AvgIpc) is 2.84. The zero-order chi connectivity index (χ0) is 13.3. The van der Waals surface area contributed by atoms with Crippen LogP contribution in [0.5, 0.6) is 5.75 Å². The smallest absolute Gasteiger partial charge is 0.240 e. The van der Waals surface area contributed by atoms with Gasteiger partial charge in [-0.15, -0.1) is 0 Å². The number of ether oxygens (including phenoxy) is 1. The Balaban J connectivity index is 2.63. The summed E-state index contributed by atoms with van der Waals surface area (Å²) < 4.78 is 36.4. The molecule has 5 nitrogen and oxygen atoms in total. The second kappa shape index (κ2) is 4.87. The number of nitrogens with two attached hydrogens (primary N) is 1. The highest BCUT2D eigenvalue weighted by molar-refractivity contribution is 6.31. The van der Waals surface area contributed by atoms with Crippen LogP contribution in [0.15, 0.2) is 10.6 Å². The molecule has 0 fully saturated rings. The lowest BCUT2D eigenvalue weighted by molar-refractivity contribution is 0.370. The molecular weight excluding hydrogens is 268 g/mol. The summed E-state index contributed by atoms with van der Waals surface area (Å²) in [5.74, 6) is -2.57. The third kappa shape index (κ3) is 2.02. The van der Waals surface area contributed by atoms with Gasteiger partial charge in [0.1, 0.15) is 0 Å². The second-order valence-electron chi connectivity index (χ2n) is 3.28. The van der Waals surface area contributed by atoms with Crippen molar-refractivity contribution in [2.24, 2.45) is 5.73 Å². The molecule has 0 aliphatic carbocycles. The van der Waals surface area contributed by atoms with Crippen LogP contribution >= 0.6 is 11.6 Å². The zero-order valence-electron chi connectivity index (χ0n) is 9.21. The summed E-state index contributed by atoms with van der Waals surface area (Å²) in [6, 6.07) is 1.16. The number of rotatable bonds is 3. The average molecular weight is 276 g/mol. The van der Waals surface area contributed by atoms with Crippen LogP contribution in [0.25, 0.3) is 11.4 Å². The molecule has 0 aliphatic rings. The van der Waals surface area contributed by atoms with Crippen molar-refractivity contribution < 1.29 is 18.0 Å². The van der Waals surface area contributed by atoms with Crippen LogP contribution in [0, 0.1) is 11.6 Å². The summed E-state index contributed by atoms with van der Waals surface area (Å²) in [6.07, 6.45) is 0. The van der Waals surface area contributed by atoms with E-state index in [-0.39, 0.29) is 29.6 Å². The topological polar surface area (TPSA) is 74.2 Å². The van der Waals surface area contributed by atoms with Gasteiger partial charge >= 0.3 is 0 Å². The molecule has 0 saturated carbocycles. The molecule has 0 saturated heterocycles. The molecule has 8 heteroatoms. The zero-order valence-corrected chi connectivity index (χ0v) is 9.96. The molecule has 0 unspecified atom stereocenters. The van der Waals surface area contributed by atoms with E-state index in [1.165, 1.54) is 7.11 Å². The highest BCUT2D eigenvalue weighted by Crippen LogP contribution is 2.35. The Morgan fingerprint density at radius 3 is 2.72 bits per heavy atom. The Morgan fingerprint density at radius 2 is 2.17 bits per heavy atom. The molecule has 96 valence electrons. The van der Waals surface area contributed by atoms with Gasteiger partial charge in [-0.25, -0.2) is 4.39 Å². The fourth-order valence-corrected chi connectivity index (χ4v) is 1.58. The molecule has 0 spiro atoms. The van der Waals surface area contributed by atoms with E-state index in [0.29, 0.717) is 0 Å². The maximum absolute atomic E-state index is 13.6. The number of nitrogens with zero attached hydrogens (tertiary/aromatic N) is 2. The fourth-order valence-electron chi connectivity index (χ4n) is 1.39. The molecule has 2 rings (SSSR count). The van der Waals surface area contributed by atoms with Crippen molar-refractivity contribution >= 4 is 11.6 Å². The van der Waals surface area contributed by atoms with E-state index in [1.807, 2.05) is 0 Å². The number of methoxy groups -OCH3 is 1. The van der Waals surface area contributed by atoms with Gasteiger partial charge in [0.05, 0.1) is 24.2 Å². The number of hydrogen-bond acceptors (Lipinski definition) is 5. The lowest BCUT2D eigenvalue weighted by atomic mass is 10.1. The van der Waals surface area contributed by atoms with Gasteiger partial charge < -0.3 is 15.0 Å². The molecule has 2 N–H and O–H groups in total. The van der Waals surface area contributed by atoms with Gasteiger partial charge in [-0.2, -0.15) is 9.37 Å². The van der Waals surface area contributed by atoms with Crippen molar-refractivity contribution in [3.05, 3.63) is 28.6 Å². The van der Waals surface area contributed by atoms with Crippen LogP contribution in [0.4, 0.5) is 8.78 Å². The predicted molar refractivity (Wildman–Crippen MR) is 59.1 cm³/mol. The first-order valence-electron chi connectivity index (χ1n) is 4.83. The Kier molecular flexibility index (Phi) is 3.44. The summed E-state index contributed by atoms with van der Waals surface area (Å²) in [5, 5.41) is 3.18. The third-order valence-electron chi connectivity index (χ3n) is 2.21. The molecule has 2 aromatic rings. The molecular formula is C10H8ClF2N3O2. The van der Waals surface area contributed by atoms with E-state index >= 15 is 0 Å². The molecule has 0 bridgehead atoms. The fraction of sp³-hybridized carbons (Fsp3) is 0.200. The van der Waals surface area contributed by atoms with Gasteiger partial charge in [0.2, 0.25) is 17.5 Å². The second-order valence-corrected chi connectivity index (χ2v) is 3.69. The number of hydrogen-bond donors (Lipinski definition) is 1. The minimum Gasteiger partial charge on any atom is -0.493 e. The van der Waals surface area contributed by atoms with Crippen molar-refractivity contribution in [1.29, 1.82) is 0 Å². The monoisotopic (exact) mass is 275 g/mol. The number of aromatic nitrogens is 2. The van der Waals surface area contributed by atoms with Gasteiger partial charge in [0.25, 0.3) is 0 Å². The van der Waals surface area contributed by atoms with Crippen LogP contribution in [0.1, 0.15) is 5.89 Å². The van der Waals surface area contributed by atoms with Crippen molar-refractivity contribution in [2.45, 2.75) is 6.54 Å². The predicted octanol–water partition coefficient (Wildman–Crippen LogP) is 2.14. The summed E-state index contributed by atoms with van der Waals surface area (Å²) in [5.41, 5.74) is 5.40. The van der Waals surface area contributed by atoms with Crippen molar-refractivity contribution in [3.8, 4) is 17.1 Å². The SMILES string of the molecule is COc1c(-c2noc(CN)n2)cc(Cl)c(F)c1F. The number of benzene rings is 1. The molecule has 0 atom stereocenters. The highest BCUT2D eigenvalue weighted by Gasteiger charge is 2.22. The van der Waals surface area contributed by atoms with Gasteiger partial charge in [-0.3, -0.25) is 0 Å². The van der Waals surface area contributed by atoms with E-state index < -0.39 is 16.7 Å². The quantitative estimate of drug-likeness (QED) is 0.869. The van der Waals surface area contributed by atoms with Gasteiger partial charge in [0.15, 0.2) is 11.6 Å². The molecule has 0 aliphatic heterocycles. The van der Waals surface area contributed by atoms with Gasteiger partial charge in [-0.1, -0.05) is 16.8 Å².